The van der Waals surface area contributed by atoms with Gasteiger partial charge in [0.15, 0.2) is 37.7 Å². The van der Waals surface area contributed by atoms with Gasteiger partial charge < -0.3 is 155 Å². The highest BCUT2D eigenvalue weighted by atomic mass is 16.8. The summed E-state index contributed by atoms with van der Waals surface area (Å²) in [6.45, 7) is -3.80. The van der Waals surface area contributed by atoms with Crippen LogP contribution >= 0.6 is 0 Å². The molecule has 424 valence electrons. The largest absolute Gasteiger partial charge is 0.394 e. The molecule has 0 radical (unpaired) electrons. The molecule has 20 N–H and O–H groups in total. The third-order valence-corrected chi connectivity index (χ3v) is 13.2. The number of hydrogen-bond donors (Lipinski definition) is 20. The molecule has 33 heteroatoms. The minimum atomic E-state index is -2.37. The number of carbonyl (C=O) groups is 2. The summed E-state index contributed by atoms with van der Waals surface area (Å²) in [4.78, 5) is 24.5. The first-order chi connectivity index (χ1) is 34.5. The van der Waals surface area contributed by atoms with E-state index in [-0.39, 0.29) is 0 Å². The number of rotatable bonds is 18. The van der Waals surface area contributed by atoms with E-state index in [1.165, 1.54) is 0 Å². The monoisotopic (exact) mass is 1070 g/mol. The summed E-state index contributed by atoms with van der Waals surface area (Å²) >= 11 is 0. The Hall–Kier alpha value is -2.22. The van der Waals surface area contributed by atoms with Crippen molar-refractivity contribution in [1.29, 1.82) is 0 Å². The van der Waals surface area contributed by atoms with E-state index >= 15 is 0 Å². The van der Waals surface area contributed by atoms with Crippen molar-refractivity contribution in [3.05, 3.63) is 0 Å². The maximum atomic E-state index is 12.6. The Labute approximate surface area is 413 Å². The molecule has 0 bridgehead atoms. The van der Waals surface area contributed by atoms with Gasteiger partial charge in [-0.1, -0.05) is 0 Å². The van der Waals surface area contributed by atoms with Crippen molar-refractivity contribution < 1.29 is 154 Å². The van der Waals surface area contributed by atoms with Gasteiger partial charge in [-0.3, -0.25) is 9.59 Å². The lowest BCUT2D eigenvalue weighted by molar-refractivity contribution is -0.402. The number of nitrogens with one attached hydrogen (secondary N) is 2. The van der Waals surface area contributed by atoms with Crippen LogP contribution in [0.5, 0.6) is 0 Å². The third-order valence-electron chi connectivity index (χ3n) is 13.2. The van der Waals surface area contributed by atoms with Crippen LogP contribution in [-0.4, -0.2) is 327 Å². The highest BCUT2D eigenvalue weighted by molar-refractivity contribution is 5.73. The van der Waals surface area contributed by atoms with E-state index in [4.69, 9.17) is 52.1 Å². The molecule has 6 rings (SSSR count). The predicted molar refractivity (Wildman–Crippen MR) is 222 cm³/mol. The van der Waals surface area contributed by atoms with Gasteiger partial charge in [0, 0.05) is 13.8 Å². The number of aliphatic hydroxyl groups excluding tert-OH is 18. The molecule has 73 heavy (non-hydrogen) atoms. The summed E-state index contributed by atoms with van der Waals surface area (Å²) in [6, 6.07) is -3.34. The molecule has 0 saturated carbocycles. The Balaban J connectivity index is 1.37. The van der Waals surface area contributed by atoms with Crippen LogP contribution in [-0.2, 0) is 61.7 Å². The molecule has 0 aromatic heterocycles. The molecule has 0 aliphatic carbocycles. The summed E-state index contributed by atoms with van der Waals surface area (Å²) in [7, 11) is 0. The quantitative estimate of drug-likeness (QED) is 0.0606. The van der Waals surface area contributed by atoms with Crippen LogP contribution in [0.25, 0.3) is 0 Å². The van der Waals surface area contributed by atoms with Crippen LogP contribution < -0.4 is 10.6 Å². The Morgan fingerprint density at radius 2 is 0.699 bits per heavy atom. The molecule has 0 aromatic rings. The fraction of sp³-hybridized carbons (Fsp3) is 0.950. The molecule has 0 unspecified atom stereocenters. The van der Waals surface area contributed by atoms with Crippen LogP contribution in [0.15, 0.2) is 0 Å². The second-order valence-electron chi connectivity index (χ2n) is 18.3. The summed E-state index contributed by atoms with van der Waals surface area (Å²) in [5.41, 5.74) is 0. The molecule has 6 heterocycles. The lowest BCUT2D eigenvalue weighted by atomic mass is 9.93. The summed E-state index contributed by atoms with van der Waals surface area (Å²) < 4.78 is 63.7. The number of carbonyl (C=O) groups excluding carboxylic acids is 2. The smallest absolute Gasteiger partial charge is 0.217 e. The summed E-state index contributed by atoms with van der Waals surface area (Å²) in [5.74, 6) is -1.58. The van der Waals surface area contributed by atoms with Gasteiger partial charge in [-0.25, -0.2) is 0 Å². The van der Waals surface area contributed by atoms with Gasteiger partial charge in [0.25, 0.3) is 0 Å². The van der Waals surface area contributed by atoms with E-state index < -0.39 is 236 Å². The van der Waals surface area contributed by atoms with Gasteiger partial charge in [-0.2, -0.15) is 0 Å². The first-order valence-corrected chi connectivity index (χ1v) is 23.1. The van der Waals surface area contributed by atoms with E-state index in [1.807, 2.05) is 0 Å². The van der Waals surface area contributed by atoms with Crippen molar-refractivity contribution in [3.8, 4) is 0 Å². The lowest BCUT2D eigenvalue weighted by Crippen LogP contribution is -2.71. The molecule has 0 spiro atoms. The van der Waals surface area contributed by atoms with Crippen LogP contribution in [0, 0.1) is 0 Å². The SMILES string of the molecule is CC(=O)N[C@@H]1[C@@H](O)[C@H](O[C@@H]2O[C@H](CO)[C@@H](O[C@@H]3O[C@H](CO[C@H]4O[C@H](CO)[C@@H](O)[C@H](O)[C@@H]4O)[C@@H](O[C@@H]4O[C@H](CO)[C@H](O)[C@H](O)[C@H]4O)[C@H](O[C@H]4O[C@H](CO)[C@@H](O)[C@H](O)[C@@H]4O)[C@@H]3O)[C@H](O)[C@H]2NC(C)=O)[C@@H](CO)O[C@H]1O. The second-order valence-corrected chi connectivity index (χ2v) is 18.3. The van der Waals surface area contributed by atoms with Gasteiger partial charge in [0.05, 0.1) is 39.6 Å². The van der Waals surface area contributed by atoms with E-state index in [0.29, 0.717) is 0 Å². The van der Waals surface area contributed by atoms with Crippen LogP contribution in [0.2, 0.25) is 0 Å². The van der Waals surface area contributed by atoms with E-state index in [0.717, 1.165) is 13.8 Å². The van der Waals surface area contributed by atoms with E-state index in [2.05, 4.69) is 10.6 Å². The van der Waals surface area contributed by atoms with Crippen molar-refractivity contribution in [1.82, 2.24) is 10.6 Å². The highest BCUT2D eigenvalue weighted by Crippen LogP contribution is 2.37. The summed E-state index contributed by atoms with van der Waals surface area (Å²) in [5, 5.41) is 197. The Bertz CT molecular complexity index is 1740. The maximum absolute atomic E-state index is 12.6. The number of aliphatic hydroxyl groups is 18. The van der Waals surface area contributed by atoms with Crippen molar-refractivity contribution in [2.75, 3.05) is 39.6 Å². The maximum Gasteiger partial charge on any atom is 0.217 e. The van der Waals surface area contributed by atoms with Crippen molar-refractivity contribution in [3.63, 3.8) is 0 Å². The molecule has 33 nitrogen and oxygen atoms in total. The Kier molecular flexibility index (Phi) is 21.3. The zero-order chi connectivity index (χ0) is 53.9. The fourth-order valence-electron chi connectivity index (χ4n) is 9.21. The minimum Gasteiger partial charge on any atom is -0.394 e. The molecule has 6 aliphatic heterocycles. The summed E-state index contributed by atoms with van der Waals surface area (Å²) in [6.07, 6.45) is -54.9. The molecule has 0 aromatic carbocycles. The minimum absolute atomic E-state index is 0.726. The van der Waals surface area contributed by atoms with Gasteiger partial charge in [0.1, 0.15) is 146 Å². The van der Waals surface area contributed by atoms with Gasteiger partial charge in [-0.15, -0.1) is 0 Å². The van der Waals surface area contributed by atoms with Crippen molar-refractivity contribution in [2.24, 2.45) is 0 Å². The number of hydrogen-bond acceptors (Lipinski definition) is 31. The van der Waals surface area contributed by atoms with Gasteiger partial charge >= 0.3 is 0 Å². The average molecular weight is 1070 g/mol. The Morgan fingerprint density at radius 3 is 1.16 bits per heavy atom. The number of ether oxygens (including phenoxy) is 11. The standard InChI is InChI=1S/C40H68N2O31/c1-9(48)41-17-22(53)31(14(6-46)64-35(17)62)70-36-18(42-10(2)49)23(54)32(15(7-47)68-36)71-40-30(61)34(73-39-29(60)26(57)21(52)13(5-45)67-39)33(72-38-28(59)25(56)20(51)12(4-44)66-38)16(69-40)8-63-37-27(58)24(55)19(50)11(3-43)65-37/h11-40,43-47,50-62H,3-8H2,1-2H3,(H,41,48)(H,42,49)/t11-,12-,13-,14-,15-,16-,17-,18-,19-,20+,21-,22-,23-,24+,25+,26+,27+,28-,29+,30+,31-,32-,33-,34-,35-,36+,37+,38+,39-,40+/m1/s1. The zero-order valence-corrected chi connectivity index (χ0v) is 38.9. The second kappa shape index (κ2) is 26.0. The fourth-order valence-corrected chi connectivity index (χ4v) is 9.21. The molecular weight excluding hydrogens is 1000 g/mol. The molecule has 30 atom stereocenters. The van der Waals surface area contributed by atoms with Crippen LogP contribution in [0.1, 0.15) is 13.8 Å². The molecule has 2 amide bonds. The normalized spacial score (nSPS) is 49.8. The van der Waals surface area contributed by atoms with E-state index in [9.17, 15) is 102 Å². The van der Waals surface area contributed by atoms with Crippen LogP contribution in [0.4, 0.5) is 0 Å². The predicted octanol–water partition coefficient (Wildman–Crippen LogP) is -13.8. The van der Waals surface area contributed by atoms with Crippen LogP contribution in [0.3, 0.4) is 0 Å². The van der Waals surface area contributed by atoms with Crippen molar-refractivity contribution in [2.45, 2.75) is 198 Å². The molecule has 6 fully saturated rings. The van der Waals surface area contributed by atoms with Crippen molar-refractivity contribution >= 4 is 11.8 Å². The lowest BCUT2D eigenvalue weighted by Gasteiger charge is -2.51. The molecule has 6 aliphatic rings. The molecular formula is C40H68N2O31. The highest BCUT2D eigenvalue weighted by Gasteiger charge is 2.58. The topological polar surface area (TPSA) is 524 Å². The van der Waals surface area contributed by atoms with E-state index in [1.54, 1.807) is 0 Å². The zero-order valence-electron chi connectivity index (χ0n) is 38.9. The first kappa shape index (κ1) is 60.0. The average Bonchev–Trinajstić information content (AvgIpc) is 3.36. The Morgan fingerprint density at radius 1 is 0.356 bits per heavy atom. The third kappa shape index (κ3) is 13.0. The molecule has 6 saturated heterocycles. The number of amides is 2. The van der Waals surface area contributed by atoms with Gasteiger partial charge in [0.2, 0.25) is 11.8 Å². The van der Waals surface area contributed by atoms with Gasteiger partial charge in [-0.05, 0) is 0 Å². The first-order valence-electron chi connectivity index (χ1n) is 23.1.